The van der Waals surface area contributed by atoms with Gasteiger partial charge in [-0.25, -0.2) is 0 Å². The Morgan fingerprint density at radius 1 is 0.864 bits per heavy atom. The van der Waals surface area contributed by atoms with Gasteiger partial charge in [-0.15, -0.1) is 0 Å². The van der Waals surface area contributed by atoms with E-state index in [1.807, 2.05) is 18.3 Å². The molecular weight excluding hydrogens is 272 g/mol. The first-order valence-electron chi connectivity index (χ1n) is 7.36. The molecule has 0 saturated heterocycles. The van der Waals surface area contributed by atoms with Crippen molar-refractivity contribution in [3.63, 3.8) is 0 Å². The van der Waals surface area contributed by atoms with Crippen LogP contribution in [-0.4, -0.2) is 14.7 Å². The van der Waals surface area contributed by atoms with E-state index < -0.39 is 0 Å². The molecule has 0 unspecified atom stereocenters. The number of para-hydroxylation sites is 1. The minimum Gasteiger partial charge on any atom is -0.392 e. The second kappa shape index (κ2) is 5.28. The van der Waals surface area contributed by atoms with Gasteiger partial charge >= 0.3 is 0 Å². The molecule has 3 heteroatoms. The molecule has 0 aliphatic heterocycles. The van der Waals surface area contributed by atoms with E-state index in [4.69, 9.17) is 0 Å². The average Bonchev–Trinajstić information content (AvgIpc) is 2.89. The van der Waals surface area contributed by atoms with Gasteiger partial charge in [0.05, 0.1) is 6.61 Å². The summed E-state index contributed by atoms with van der Waals surface area (Å²) < 4.78 is 2.31. The van der Waals surface area contributed by atoms with Crippen LogP contribution in [0.15, 0.2) is 67.0 Å². The molecule has 0 amide bonds. The molecule has 22 heavy (non-hydrogen) atoms. The summed E-state index contributed by atoms with van der Waals surface area (Å²) in [7, 11) is 0. The van der Waals surface area contributed by atoms with Crippen LogP contribution >= 0.6 is 0 Å². The summed E-state index contributed by atoms with van der Waals surface area (Å²) in [5.74, 6) is 0. The number of hydrogen-bond acceptors (Lipinski definition) is 2. The van der Waals surface area contributed by atoms with Crippen molar-refractivity contribution in [3.8, 4) is 0 Å². The van der Waals surface area contributed by atoms with Crippen molar-refractivity contribution in [2.24, 2.45) is 0 Å². The molecular formula is C19H16N2O. The molecule has 4 aromatic rings. The third-order valence-electron chi connectivity index (χ3n) is 4.08. The van der Waals surface area contributed by atoms with Gasteiger partial charge < -0.3 is 9.67 Å². The summed E-state index contributed by atoms with van der Waals surface area (Å²) in [6.07, 6.45) is 3.70. The standard InChI is InChI=1S/C19H16N2O/c22-13-14-7-8-19-17(10-14)16-5-1-2-6-18(16)21(19)12-15-4-3-9-20-11-15/h1-11,22H,12-13H2. The second-order valence-electron chi connectivity index (χ2n) is 5.47. The molecule has 2 heterocycles. The summed E-state index contributed by atoms with van der Waals surface area (Å²) in [6, 6.07) is 18.6. The number of aliphatic hydroxyl groups excluding tert-OH is 1. The van der Waals surface area contributed by atoms with Gasteiger partial charge in [-0.1, -0.05) is 30.3 Å². The summed E-state index contributed by atoms with van der Waals surface area (Å²) in [5.41, 5.74) is 4.51. The molecule has 3 nitrogen and oxygen atoms in total. The van der Waals surface area contributed by atoms with Crippen LogP contribution in [0.3, 0.4) is 0 Å². The number of benzene rings is 2. The van der Waals surface area contributed by atoms with E-state index >= 15 is 0 Å². The van der Waals surface area contributed by atoms with Crippen molar-refractivity contribution < 1.29 is 5.11 Å². The third kappa shape index (κ3) is 2.07. The van der Waals surface area contributed by atoms with Crippen molar-refractivity contribution in [3.05, 3.63) is 78.1 Å². The Labute approximate surface area is 128 Å². The molecule has 2 aromatic heterocycles. The van der Waals surface area contributed by atoms with E-state index in [9.17, 15) is 5.11 Å². The van der Waals surface area contributed by atoms with Crippen LogP contribution in [0.4, 0.5) is 0 Å². The maximum atomic E-state index is 9.40. The number of fused-ring (bicyclic) bond motifs is 3. The zero-order valence-corrected chi connectivity index (χ0v) is 12.1. The van der Waals surface area contributed by atoms with E-state index in [0.29, 0.717) is 0 Å². The van der Waals surface area contributed by atoms with Crippen LogP contribution in [0.25, 0.3) is 21.8 Å². The minimum absolute atomic E-state index is 0.0675. The van der Waals surface area contributed by atoms with Gasteiger partial charge in [-0.2, -0.15) is 0 Å². The lowest BCUT2D eigenvalue weighted by Gasteiger charge is -2.07. The van der Waals surface area contributed by atoms with Gasteiger partial charge in [0, 0.05) is 40.7 Å². The zero-order valence-electron chi connectivity index (χ0n) is 12.1. The molecule has 108 valence electrons. The largest absolute Gasteiger partial charge is 0.392 e. The Balaban J connectivity index is 1.99. The Bertz CT molecular complexity index is 942. The van der Waals surface area contributed by atoms with Crippen LogP contribution < -0.4 is 0 Å². The molecule has 4 rings (SSSR count). The van der Waals surface area contributed by atoms with Crippen LogP contribution in [0.1, 0.15) is 11.1 Å². The number of aromatic nitrogens is 2. The molecule has 0 spiro atoms. The number of hydrogen-bond donors (Lipinski definition) is 1. The fraction of sp³-hybridized carbons (Fsp3) is 0.105. The van der Waals surface area contributed by atoms with Gasteiger partial charge in [0.15, 0.2) is 0 Å². The van der Waals surface area contributed by atoms with Gasteiger partial charge in [-0.3, -0.25) is 4.98 Å². The predicted octanol–water partition coefficient (Wildman–Crippen LogP) is 3.73. The fourth-order valence-electron chi connectivity index (χ4n) is 3.04. The molecule has 0 fully saturated rings. The molecule has 1 N–H and O–H groups in total. The highest BCUT2D eigenvalue weighted by molar-refractivity contribution is 6.08. The lowest BCUT2D eigenvalue weighted by atomic mass is 10.1. The summed E-state index contributed by atoms with van der Waals surface area (Å²) in [4.78, 5) is 4.21. The summed E-state index contributed by atoms with van der Waals surface area (Å²) >= 11 is 0. The normalized spacial score (nSPS) is 11.3. The smallest absolute Gasteiger partial charge is 0.0682 e. The minimum atomic E-state index is 0.0675. The second-order valence-corrected chi connectivity index (χ2v) is 5.47. The maximum Gasteiger partial charge on any atom is 0.0682 e. The molecule has 0 aliphatic carbocycles. The maximum absolute atomic E-state index is 9.40. The quantitative estimate of drug-likeness (QED) is 0.624. The van der Waals surface area contributed by atoms with E-state index in [1.165, 1.54) is 27.4 Å². The van der Waals surface area contributed by atoms with E-state index in [-0.39, 0.29) is 6.61 Å². The number of nitrogens with zero attached hydrogens (tertiary/aromatic N) is 2. The Kier molecular flexibility index (Phi) is 3.13. The van der Waals surface area contributed by atoms with E-state index in [0.717, 1.165) is 12.1 Å². The number of rotatable bonds is 3. The SMILES string of the molecule is OCc1ccc2c(c1)c1ccccc1n2Cc1cccnc1. The molecule has 0 aliphatic rings. The molecule has 0 saturated carbocycles. The van der Waals surface area contributed by atoms with Crippen molar-refractivity contribution in [2.45, 2.75) is 13.2 Å². The third-order valence-corrected chi connectivity index (χ3v) is 4.08. The average molecular weight is 288 g/mol. The van der Waals surface area contributed by atoms with Crippen LogP contribution in [0.5, 0.6) is 0 Å². The summed E-state index contributed by atoms with van der Waals surface area (Å²) in [6.45, 7) is 0.856. The molecule has 0 radical (unpaired) electrons. The van der Waals surface area contributed by atoms with Crippen molar-refractivity contribution in [1.29, 1.82) is 0 Å². The van der Waals surface area contributed by atoms with Crippen molar-refractivity contribution >= 4 is 21.8 Å². The highest BCUT2D eigenvalue weighted by Gasteiger charge is 2.11. The lowest BCUT2D eigenvalue weighted by Crippen LogP contribution is -1.99. The Morgan fingerprint density at radius 3 is 2.55 bits per heavy atom. The molecule has 0 atom stereocenters. The first-order chi connectivity index (χ1) is 10.9. The first-order valence-corrected chi connectivity index (χ1v) is 7.36. The van der Waals surface area contributed by atoms with Gasteiger partial charge in [0.1, 0.15) is 0 Å². The van der Waals surface area contributed by atoms with Gasteiger partial charge in [0.25, 0.3) is 0 Å². The molecule has 0 bridgehead atoms. The highest BCUT2D eigenvalue weighted by atomic mass is 16.3. The monoisotopic (exact) mass is 288 g/mol. The Hall–Kier alpha value is -2.65. The van der Waals surface area contributed by atoms with Crippen LogP contribution in [0.2, 0.25) is 0 Å². The van der Waals surface area contributed by atoms with E-state index in [1.54, 1.807) is 6.20 Å². The van der Waals surface area contributed by atoms with Crippen molar-refractivity contribution in [2.75, 3.05) is 0 Å². The predicted molar refractivity (Wildman–Crippen MR) is 88.7 cm³/mol. The Morgan fingerprint density at radius 2 is 1.73 bits per heavy atom. The number of aliphatic hydroxyl groups is 1. The summed E-state index contributed by atoms with van der Waals surface area (Å²) in [5, 5.41) is 11.8. The van der Waals surface area contributed by atoms with Crippen LogP contribution in [-0.2, 0) is 13.2 Å². The van der Waals surface area contributed by atoms with Crippen LogP contribution in [0, 0.1) is 0 Å². The fourth-order valence-corrected chi connectivity index (χ4v) is 3.04. The van der Waals surface area contributed by atoms with Crippen molar-refractivity contribution in [1.82, 2.24) is 9.55 Å². The highest BCUT2D eigenvalue weighted by Crippen LogP contribution is 2.30. The lowest BCUT2D eigenvalue weighted by molar-refractivity contribution is 0.282. The van der Waals surface area contributed by atoms with Gasteiger partial charge in [0.2, 0.25) is 0 Å². The number of pyridine rings is 1. The first kappa shape index (κ1) is 13.0. The topological polar surface area (TPSA) is 38.0 Å². The molecule has 2 aromatic carbocycles. The zero-order chi connectivity index (χ0) is 14.9. The van der Waals surface area contributed by atoms with E-state index in [2.05, 4.69) is 52.0 Å². The van der Waals surface area contributed by atoms with Gasteiger partial charge in [-0.05, 0) is 35.4 Å².